The zero-order valence-electron chi connectivity index (χ0n) is 11.9. The molecule has 0 fully saturated rings. The van der Waals surface area contributed by atoms with Crippen LogP contribution in [-0.2, 0) is 6.54 Å². The van der Waals surface area contributed by atoms with Crippen molar-refractivity contribution in [3.8, 4) is 11.6 Å². The number of hydrogen-bond acceptors (Lipinski definition) is 4. The molecule has 0 atom stereocenters. The Balaban J connectivity index is 1.89. The Morgan fingerprint density at radius 1 is 1.14 bits per heavy atom. The van der Waals surface area contributed by atoms with Gasteiger partial charge in [0.25, 0.3) is 0 Å². The minimum Gasteiger partial charge on any atom is -0.496 e. The molecule has 0 radical (unpaired) electrons. The van der Waals surface area contributed by atoms with Crippen LogP contribution in [0.25, 0.3) is 0 Å². The van der Waals surface area contributed by atoms with Gasteiger partial charge in [-0.25, -0.2) is 4.98 Å². The molecule has 0 amide bonds. The van der Waals surface area contributed by atoms with E-state index in [1.54, 1.807) is 26.5 Å². The number of pyridine rings is 1. The molecule has 0 aliphatic heterocycles. The van der Waals surface area contributed by atoms with Gasteiger partial charge < -0.3 is 20.1 Å². The lowest BCUT2D eigenvalue weighted by Crippen LogP contribution is -2.28. The van der Waals surface area contributed by atoms with E-state index in [4.69, 9.17) is 21.7 Å². The first kappa shape index (κ1) is 15.1. The number of methoxy groups -OCH3 is 2. The van der Waals surface area contributed by atoms with Crippen molar-refractivity contribution in [2.45, 2.75) is 6.54 Å². The Kier molecular flexibility index (Phi) is 5.34. The number of thiocarbonyl (C=S) groups is 1. The van der Waals surface area contributed by atoms with Crippen molar-refractivity contribution >= 4 is 23.0 Å². The van der Waals surface area contributed by atoms with E-state index in [9.17, 15) is 0 Å². The highest BCUT2D eigenvalue weighted by Gasteiger charge is 2.03. The summed E-state index contributed by atoms with van der Waals surface area (Å²) in [5, 5.41) is 6.72. The minimum atomic E-state index is 0.521. The van der Waals surface area contributed by atoms with Gasteiger partial charge in [-0.15, -0.1) is 0 Å². The van der Waals surface area contributed by atoms with E-state index < -0.39 is 0 Å². The van der Waals surface area contributed by atoms with Gasteiger partial charge in [-0.1, -0.05) is 18.2 Å². The number of aromatic nitrogens is 1. The Hall–Kier alpha value is -2.34. The molecular weight excluding hydrogens is 286 g/mol. The molecule has 0 unspecified atom stereocenters. The Morgan fingerprint density at radius 3 is 2.62 bits per heavy atom. The highest BCUT2D eigenvalue weighted by Crippen LogP contribution is 2.17. The van der Waals surface area contributed by atoms with Gasteiger partial charge in [-0.2, -0.15) is 0 Å². The minimum absolute atomic E-state index is 0.521. The molecule has 2 rings (SSSR count). The fraction of sp³-hybridized carbons (Fsp3) is 0.200. The highest BCUT2D eigenvalue weighted by molar-refractivity contribution is 7.80. The number of rotatable bonds is 5. The fourth-order valence-corrected chi connectivity index (χ4v) is 1.96. The number of hydrogen-bond donors (Lipinski definition) is 2. The molecule has 0 spiro atoms. The van der Waals surface area contributed by atoms with E-state index in [-0.39, 0.29) is 0 Å². The summed E-state index contributed by atoms with van der Waals surface area (Å²) in [7, 11) is 3.23. The smallest absolute Gasteiger partial charge is 0.213 e. The lowest BCUT2D eigenvalue weighted by molar-refractivity contribution is 0.398. The van der Waals surface area contributed by atoms with E-state index in [0.29, 0.717) is 17.5 Å². The third-order valence-electron chi connectivity index (χ3n) is 2.84. The van der Waals surface area contributed by atoms with Gasteiger partial charge >= 0.3 is 0 Å². The molecule has 1 aromatic carbocycles. The molecule has 1 heterocycles. The summed E-state index contributed by atoms with van der Waals surface area (Å²) < 4.78 is 10.3. The molecule has 110 valence electrons. The molecule has 2 N–H and O–H groups in total. The second-order valence-electron chi connectivity index (χ2n) is 4.21. The van der Waals surface area contributed by atoms with Gasteiger partial charge in [0.05, 0.1) is 26.1 Å². The summed E-state index contributed by atoms with van der Waals surface area (Å²) in [4.78, 5) is 4.10. The number of nitrogens with one attached hydrogen (secondary N) is 2. The average Bonchev–Trinajstić information content (AvgIpc) is 2.54. The fourth-order valence-electron chi connectivity index (χ4n) is 1.77. The Morgan fingerprint density at radius 2 is 1.95 bits per heavy atom. The van der Waals surface area contributed by atoms with Gasteiger partial charge in [0.2, 0.25) is 5.88 Å². The van der Waals surface area contributed by atoms with Crippen LogP contribution in [0, 0.1) is 0 Å². The highest BCUT2D eigenvalue weighted by atomic mass is 32.1. The maximum absolute atomic E-state index is 5.29. The third kappa shape index (κ3) is 4.32. The summed E-state index contributed by atoms with van der Waals surface area (Å²) in [6.07, 6.45) is 1.66. The van der Waals surface area contributed by atoms with E-state index in [1.165, 1.54) is 0 Å². The van der Waals surface area contributed by atoms with Crippen molar-refractivity contribution in [1.82, 2.24) is 10.3 Å². The standard InChI is InChI=1S/C15H17N3O2S/c1-19-13-6-4-3-5-11(13)9-17-15(21)18-12-7-8-14(20-2)16-10-12/h3-8,10H,9H2,1-2H3,(H2,17,18,21). The molecule has 21 heavy (non-hydrogen) atoms. The largest absolute Gasteiger partial charge is 0.496 e. The van der Waals surface area contributed by atoms with Crippen LogP contribution in [0.2, 0.25) is 0 Å². The molecule has 0 aliphatic rings. The van der Waals surface area contributed by atoms with E-state index in [1.807, 2.05) is 30.3 Å². The topological polar surface area (TPSA) is 55.4 Å². The number of ether oxygens (including phenoxy) is 2. The van der Waals surface area contributed by atoms with Gasteiger partial charge in [-0.05, 0) is 24.4 Å². The molecule has 6 heteroatoms. The van der Waals surface area contributed by atoms with Crippen LogP contribution in [0.15, 0.2) is 42.6 Å². The van der Waals surface area contributed by atoms with Gasteiger partial charge in [0.15, 0.2) is 5.11 Å². The molecule has 0 bridgehead atoms. The first-order valence-electron chi connectivity index (χ1n) is 6.39. The van der Waals surface area contributed by atoms with Crippen LogP contribution >= 0.6 is 12.2 Å². The van der Waals surface area contributed by atoms with Gasteiger partial charge in [0, 0.05) is 18.2 Å². The SMILES string of the molecule is COc1ccc(NC(=S)NCc2ccccc2OC)cn1. The molecule has 0 saturated carbocycles. The quantitative estimate of drug-likeness (QED) is 0.828. The molecule has 5 nitrogen and oxygen atoms in total. The van der Waals surface area contributed by atoms with Crippen LogP contribution in [0.5, 0.6) is 11.6 Å². The maximum atomic E-state index is 5.29. The zero-order valence-corrected chi connectivity index (χ0v) is 12.7. The Labute approximate surface area is 129 Å². The van der Waals surface area contributed by atoms with Crippen molar-refractivity contribution in [3.63, 3.8) is 0 Å². The number of para-hydroxylation sites is 1. The summed E-state index contributed by atoms with van der Waals surface area (Å²) >= 11 is 5.25. The Bertz CT molecular complexity index is 602. The van der Waals surface area contributed by atoms with Crippen molar-refractivity contribution in [3.05, 3.63) is 48.2 Å². The lowest BCUT2D eigenvalue weighted by atomic mass is 10.2. The first-order chi connectivity index (χ1) is 10.2. The normalized spacial score (nSPS) is 9.81. The van der Waals surface area contributed by atoms with E-state index >= 15 is 0 Å². The summed E-state index contributed by atoms with van der Waals surface area (Å²) in [5.41, 5.74) is 1.84. The third-order valence-corrected chi connectivity index (χ3v) is 3.08. The molecule has 2 aromatic rings. The van der Waals surface area contributed by atoms with Crippen LogP contribution in [0.3, 0.4) is 0 Å². The van der Waals surface area contributed by atoms with Crippen molar-refractivity contribution < 1.29 is 9.47 Å². The molecule has 0 aliphatic carbocycles. The van der Waals surface area contributed by atoms with E-state index in [0.717, 1.165) is 17.0 Å². The van der Waals surface area contributed by atoms with Crippen LogP contribution in [0.4, 0.5) is 5.69 Å². The summed E-state index contributed by atoms with van der Waals surface area (Å²) in [6.45, 7) is 0.583. The van der Waals surface area contributed by atoms with Crippen LogP contribution < -0.4 is 20.1 Å². The van der Waals surface area contributed by atoms with Gasteiger partial charge in [0.1, 0.15) is 5.75 Å². The molecule has 1 aromatic heterocycles. The van der Waals surface area contributed by atoms with Crippen LogP contribution in [0.1, 0.15) is 5.56 Å². The van der Waals surface area contributed by atoms with Crippen molar-refractivity contribution in [2.75, 3.05) is 19.5 Å². The van der Waals surface area contributed by atoms with Gasteiger partial charge in [-0.3, -0.25) is 0 Å². The number of anilines is 1. The maximum Gasteiger partial charge on any atom is 0.213 e. The number of nitrogens with zero attached hydrogens (tertiary/aromatic N) is 1. The second-order valence-corrected chi connectivity index (χ2v) is 4.62. The summed E-state index contributed by atoms with van der Waals surface area (Å²) in [6, 6.07) is 11.4. The van der Waals surface area contributed by atoms with Crippen LogP contribution in [-0.4, -0.2) is 24.3 Å². The first-order valence-corrected chi connectivity index (χ1v) is 6.80. The molecule has 0 saturated heterocycles. The molecular formula is C15H17N3O2S. The lowest BCUT2D eigenvalue weighted by Gasteiger charge is -2.12. The van der Waals surface area contributed by atoms with E-state index in [2.05, 4.69) is 15.6 Å². The predicted octanol–water partition coefficient (Wildman–Crippen LogP) is 2.59. The second kappa shape index (κ2) is 7.44. The summed E-state index contributed by atoms with van der Waals surface area (Å²) in [5.74, 6) is 1.40. The monoisotopic (exact) mass is 303 g/mol. The van der Waals surface area contributed by atoms with Crippen molar-refractivity contribution in [2.24, 2.45) is 0 Å². The zero-order chi connectivity index (χ0) is 15.1. The predicted molar refractivity (Wildman–Crippen MR) is 86.8 cm³/mol. The van der Waals surface area contributed by atoms with Crippen molar-refractivity contribution in [1.29, 1.82) is 0 Å². The number of benzene rings is 1. The average molecular weight is 303 g/mol.